The summed E-state index contributed by atoms with van der Waals surface area (Å²) in [5.74, 6) is -0.640. The zero-order valence-corrected chi connectivity index (χ0v) is 15.8. The molecule has 1 fully saturated rings. The quantitative estimate of drug-likeness (QED) is 0.594. The minimum absolute atomic E-state index is 0.0477. The predicted octanol–water partition coefficient (Wildman–Crippen LogP) is 3.79. The number of amides is 2. The number of thioether (sulfide) groups is 1. The molecule has 1 aliphatic heterocycles. The molecule has 0 spiro atoms. The van der Waals surface area contributed by atoms with Crippen molar-refractivity contribution in [2.75, 3.05) is 11.9 Å². The number of benzene rings is 2. The Hall–Kier alpha value is -2.90. The van der Waals surface area contributed by atoms with Gasteiger partial charge in [-0.05, 0) is 23.8 Å². The summed E-state index contributed by atoms with van der Waals surface area (Å²) in [6.45, 7) is -0.180. The fraction of sp³-hybridized carbons (Fsp3) is 0.0500. The van der Waals surface area contributed by atoms with Crippen LogP contribution in [0.2, 0.25) is 0 Å². The van der Waals surface area contributed by atoms with Crippen LogP contribution in [0.15, 0.2) is 71.7 Å². The van der Waals surface area contributed by atoms with Crippen molar-refractivity contribution >= 4 is 51.9 Å². The molecule has 0 aromatic heterocycles. The molecule has 2 aromatic carbocycles. The maximum absolute atomic E-state index is 12.5. The van der Waals surface area contributed by atoms with E-state index >= 15 is 0 Å². The van der Waals surface area contributed by atoms with Gasteiger partial charge in [0.2, 0.25) is 5.91 Å². The van der Waals surface area contributed by atoms with Gasteiger partial charge >= 0.3 is 0 Å². The summed E-state index contributed by atoms with van der Waals surface area (Å²) in [6, 6.07) is 15.9. The van der Waals surface area contributed by atoms with Gasteiger partial charge in [0.15, 0.2) is 0 Å². The summed E-state index contributed by atoms with van der Waals surface area (Å²) in [5, 5.41) is 12.1. The minimum Gasteiger partial charge on any atom is -0.508 e. The van der Waals surface area contributed by atoms with Crippen LogP contribution < -0.4 is 5.32 Å². The van der Waals surface area contributed by atoms with Crippen LogP contribution >= 0.6 is 24.0 Å². The number of carbonyl (C=O) groups excluding carboxylic acids is 2. The van der Waals surface area contributed by atoms with E-state index in [2.05, 4.69) is 5.32 Å². The maximum Gasteiger partial charge on any atom is 0.266 e. The Morgan fingerprint density at radius 1 is 1.19 bits per heavy atom. The fourth-order valence-corrected chi connectivity index (χ4v) is 3.60. The van der Waals surface area contributed by atoms with Crippen molar-refractivity contribution in [3.8, 4) is 5.75 Å². The third-order valence-electron chi connectivity index (χ3n) is 3.64. The van der Waals surface area contributed by atoms with Gasteiger partial charge in [-0.1, -0.05) is 72.5 Å². The first-order chi connectivity index (χ1) is 13.0. The number of phenolic OH excluding ortho intramolecular Hbond substituents is 1. The van der Waals surface area contributed by atoms with Crippen molar-refractivity contribution in [2.24, 2.45) is 0 Å². The molecule has 0 unspecified atom stereocenters. The van der Waals surface area contributed by atoms with Crippen LogP contribution in [0.3, 0.4) is 0 Å². The van der Waals surface area contributed by atoms with Gasteiger partial charge in [0.05, 0.1) is 4.91 Å². The molecule has 1 saturated heterocycles. The number of carbonyl (C=O) groups is 2. The van der Waals surface area contributed by atoms with Crippen LogP contribution in [0.25, 0.3) is 6.08 Å². The van der Waals surface area contributed by atoms with Crippen LogP contribution in [0.1, 0.15) is 5.56 Å². The Balaban J connectivity index is 1.62. The minimum atomic E-state index is -0.391. The molecular formula is C20H16N2O3S2. The molecule has 0 saturated carbocycles. The number of anilines is 1. The van der Waals surface area contributed by atoms with Crippen LogP contribution in [0, 0.1) is 0 Å². The molecule has 5 nitrogen and oxygen atoms in total. The normalized spacial score (nSPS) is 15.7. The van der Waals surface area contributed by atoms with E-state index in [-0.39, 0.29) is 18.2 Å². The number of hydrogen-bond donors (Lipinski definition) is 2. The van der Waals surface area contributed by atoms with Crippen LogP contribution in [0.5, 0.6) is 5.75 Å². The zero-order chi connectivity index (χ0) is 19.2. The predicted molar refractivity (Wildman–Crippen MR) is 112 cm³/mol. The third kappa shape index (κ3) is 5.06. The van der Waals surface area contributed by atoms with E-state index < -0.39 is 5.91 Å². The highest BCUT2D eigenvalue weighted by atomic mass is 32.2. The molecule has 0 radical (unpaired) electrons. The van der Waals surface area contributed by atoms with Crippen LogP contribution in [0.4, 0.5) is 5.69 Å². The highest BCUT2D eigenvalue weighted by molar-refractivity contribution is 8.26. The van der Waals surface area contributed by atoms with Crippen molar-refractivity contribution in [3.05, 3.63) is 77.2 Å². The molecule has 1 heterocycles. The Bertz CT molecular complexity index is 939. The lowest BCUT2D eigenvalue weighted by Gasteiger charge is -2.14. The Morgan fingerprint density at radius 2 is 1.96 bits per heavy atom. The average Bonchev–Trinajstić information content (AvgIpc) is 2.90. The molecule has 136 valence electrons. The van der Waals surface area contributed by atoms with Crippen molar-refractivity contribution in [1.29, 1.82) is 0 Å². The molecule has 2 N–H and O–H groups in total. The molecule has 3 rings (SSSR count). The number of hydrogen-bond acceptors (Lipinski definition) is 5. The number of allylic oxidation sites excluding steroid dienone is 2. The smallest absolute Gasteiger partial charge is 0.266 e. The third-order valence-corrected chi connectivity index (χ3v) is 5.04. The summed E-state index contributed by atoms with van der Waals surface area (Å²) < 4.78 is 0.338. The molecular weight excluding hydrogens is 380 g/mol. The lowest BCUT2D eigenvalue weighted by atomic mass is 10.2. The van der Waals surface area contributed by atoms with E-state index in [1.807, 2.05) is 36.4 Å². The Labute approximate surface area is 166 Å². The summed E-state index contributed by atoms with van der Waals surface area (Å²) in [6.07, 6.45) is 5.37. The van der Waals surface area contributed by atoms with Gasteiger partial charge in [0.1, 0.15) is 16.6 Å². The SMILES string of the molecule is O=C(CN1C(=O)C(=CC=Cc2ccccc2)SC1=S)Nc1cccc(O)c1. The highest BCUT2D eigenvalue weighted by Crippen LogP contribution is 2.31. The second kappa shape index (κ2) is 8.66. The zero-order valence-electron chi connectivity index (χ0n) is 14.2. The van der Waals surface area contributed by atoms with Crippen LogP contribution in [-0.2, 0) is 9.59 Å². The number of nitrogens with one attached hydrogen (secondary N) is 1. The number of rotatable bonds is 5. The van der Waals surface area contributed by atoms with E-state index in [4.69, 9.17) is 12.2 Å². The Kier molecular flexibility index (Phi) is 6.05. The van der Waals surface area contributed by atoms with Gasteiger partial charge in [-0.2, -0.15) is 0 Å². The highest BCUT2D eigenvalue weighted by Gasteiger charge is 2.33. The second-order valence-corrected chi connectivity index (χ2v) is 7.33. The average molecular weight is 396 g/mol. The molecule has 0 atom stereocenters. The molecule has 2 aromatic rings. The Morgan fingerprint density at radius 3 is 2.70 bits per heavy atom. The molecule has 0 bridgehead atoms. The van der Waals surface area contributed by atoms with Gasteiger partial charge in [-0.3, -0.25) is 14.5 Å². The lowest BCUT2D eigenvalue weighted by molar-refractivity contribution is -0.126. The van der Waals surface area contributed by atoms with Gasteiger partial charge in [-0.25, -0.2) is 0 Å². The summed E-state index contributed by atoms with van der Waals surface area (Å²) in [4.78, 5) is 26.4. The van der Waals surface area contributed by atoms with Crippen LogP contribution in [-0.4, -0.2) is 32.7 Å². The number of thiocarbonyl (C=S) groups is 1. The first kappa shape index (κ1) is 18.9. The van der Waals surface area contributed by atoms with Crippen molar-refractivity contribution in [2.45, 2.75) is 0 Å². The first-order valence-electron chi connectivity index (χ1n) is 8.09. The molecule has 27 heavy (non-hydrogen) atoms. The van der Waals surface area contributed by atoms with E-state index in [9.17, 15) is 14.7 Å². The van der Waals surface area contributed by atoms with Gasteiger partial charge in [0.25, 0.3) is 5.91 Å². The van der Waals surface area contributed by atoms with Crippen molar-refractivity contribution in [1.82, 2.24) is 4.90 Å². The van der Waals surface area contributed by atoms with E-state index in [1.54, 1.807) is 24.3 Å². The fourth-order valence-electron chi connectivity index (χ4n) is 2.39. The monoisotopic (exact) mass is 396 g/mol. The standard InChI is InChI=1S/C20H16N2O3S2/c23-16-10-5-9-15(12-16)21-18(24)13-22-19(25)17(27-20(22)26)11-4-8-14-6-2-1-3-7-14/h1-12,23H,13H2,(H,21,24). The van der Waals surface area contributed by atoms with E-state index in [1.165, 1.54) is 28.8 Å². The van der Waals surface area contributed by atoms with E-state index in [0.29, 0.717) is 14.9 Å². The van der Waals surface area contributed by atoms with E-state index in [0.717, 1.165) is 5.56 Å². The maximum atomic E-state index is 12.5. The first-order valence-corrected chi connectivity index (χ1v) is 9.31. The molecule has 7 heteroatoms. The molecule has 2 amide bonds. The van der Waals surface area contributed by atoms with Crippen molar-refractivity contribution < 1.29 is 14.7 Å². The van der Waals surface area contributed by atoms with Gasteiger partial charge < -0.3 is 10.4 Å². The molecule has 1 aliphatic rings. The second-order valence-electron chi connectivity index (χ2n) is 5.66. The van der Waals surface area contributed by atoms with Gasteiger partial charge in [-0.15, -0.1) is 0 Å². The summed E-state index contributed by atoms with van der Waals surface area (Å²) in [5.41, 5.74) is 1.47. The van der Waals surface area contributed by atoms with Gasteiger partial charge in [0, 0.05) is 11.8 Å². The lowest BCUT2D eigenvalue weighted by Crippen LogP contribution is -2.36. The molecule has 0 aliphatic carbocycles. The topological polar surface area (TPSA) is 69.6 Å². The number of nitrogens with zero attached hydrogens (tertiary/aromatic N) is 1. The number of aromatic hydroxyl groups is 1. The summed E-state index contributed by atoms with van der Waals surface area (Å²) >= 11 is 6.39. The number of phenols is 1. The largest absolute Gasteiger partial charge is 0.508 e. The van der Waals surface area contributed by atoms with Crippen molar-refractivity contribution in [3.63, 3.8) is 0 Å². The summed E-state index contributed by atoms with van der Waals surface area (Å²) in [7, 11) is 0.